The second-order valence-electron chi connectivity index (χ2n) is 4.23. The van der Waals surface area contributed by atoms with Crippen molar-refractivity contribution in [3.63, 3.8) is 0 Å². The smallest absolute Gasteiger partial charge is 0.303 e. The van der Waals surface area contributed by atoms with Gasteiger partial charge < -0.3 is 9.52 Å². The maximum atomic E-state index is 13.0. The van der Waals surface area contributed by atoms with Gasteiger partial charge in [-0.15, -0.1) is 10.2 Å². The first-order valence-electron chi connectivity index (χ1n) is 6.06. The summed E-state index contributed by atoms with van der Waals surface area (Å²) in [4.78, 5) is 10.4. The molecule has 20 heavy (non-hydrogen) atoms. The van der Waals surface area contributed by atoms with Crippen LogP contribution in [0.2, 0.25) is 0 Å². The molecule has 0 saturated carbocycles. The second kappa shape index (κ2) is 6.60. The summed E-state index contributed by atoms with van der Waals surface area (Å²) in [5, 5.41) is 16.3. The molecule has 1 N–H and O–H groups in total. The maximum absolute atomic E-state index is 13.0. The number of benzene rings is 1. The zero-order chi connectivity index (χ0) is 14.5. The lowest BCUT2D eigenvalue weighted by molar-refractivity contribution is -0.137. The third-order valence-electron chi connectivity index (χ3n) is 2.66. The van der Waals surface area contributed by atoms with Gasteiger partial charge in [-0.3, -0.25) is 4.79 Å². The number of unbranched alkanes of at least 4 members (excludes halogenated alkanes) is 1. The van der Waals surface area contributed by atoms with E-state index in [1.807, 2.05) is 0 Å². The number of hydrogen-bond donors (Lipinski definition) is 1. The number of aliphatic carboxylic acids is 1. The first-order chi connectivity index (χ1) is 9.56. The molecule has 0 bridgehead atoms. The Morgan fingerprint density at radius 1 is 1.35 bits per heavy atom. The van der Waals surface area contributed by atoms with E-state index in [9.17, 15) is 9.18 Å². The Morgan fingerprint density at radius 3 is 2.85 bits per heavy atom. The highest BCUT2D eigenvalue weighted by Gasteiger charge is 2.12. The minimum atomic E-state index is -0.813. The van der Waals surface area contributed by atoms with Crippen LogP contribution in [-0.4, -0.2) is 21.3 Å². The highest BCUT2D eigenvalue weighted by molar-refractivity contribution is 9.10. The van der Waals surface area contributed by atoms with Crippen LogP contribution in [0.3, 0.4) is 0 Å². The summed E-state index contributed by atoms with van der Waals surface area (Å²) >= 11 is 3.24. The van der Waals surface area contributed by atoms with E-state index in [-0.39, 0.29) is 12.2 Å². The molecule has 0 fully saturated rings. The van der Waals surface area contributed by atoms with Crippen LogP contribution in [0.25, 0.3) is 11.5 Å². The summed E-state index contributed by atoms with van der Waals surface area (Å²) in [7, 11) is 0. The van der Waals surface area contributed by atoms with Crippen LogP contribution in [-0.2, 0) is 11.2 Å². The monoisotopic (exact) mass is 342 g/mol. The highest BCUT2D eigenvalue weighted by Crippen LogP contribution is 2.28. The van der Waals surface area contributed by atoms with E-state index in [4.69, 9.17) is 9.52 Å². The predicted octanol–water partition coefficient (Wildman–Crippen LogP) is 3.44. The van der Waals surface area contributed by atoms with E-state index in [1.165, 1.54) is 12.1 Å². The quantitative estimate of drug-likeness (QED) is 0.813. The summed E-state index contributed by atoms with van der Waals surface area (Å²) < 4.78 is 19.0. The molecule has 0 spiro atoms. The lowest BCUT2D eigenvalue weighted by atomic mass is 10.2. The third-order valence-corrected chi connectivity index (χ3v) is 3.32. The topological polar surface area (TPSA) is 76.2 Å². The van der Waals surface area contributed by atoms with Gasteiger partial charge in [-0.25, -0.2) is 4.39 Å². The fourth-order valence-corrected chi connectivity index (χ4v) is 2.20. The average Bonchev–Trinajstić information content (AvgIpc) is 2.83. The molecule has 2 rings (SSSR count). The van der Waals surface area contributed by atoms with Crippen LogP contribution < -0.4 is 0 Å². The number of aryl methyl sites for hydroxylation is 1. The zero-order valence-electron chi connectivity index (χ0n) is 10.5. The lowest BCUT2D eigenvalue weighted by Gasteiger charge is -1.98. The highest BCUT2D eigenvalue weighted by atomic mass is 79.9. The molecule has 1 aromatic heterocycles. The standard InChI is InChI=1S/C13H12BrFN2O3/c14-10-7-8(15)5-6-9(10)13-17-16-11(20-13)3-1-2-4-12(18)19/h5-7H,1-4H2,(H,18,19). The minimum Gasteiger partial charge on any atom is -0.481 e. The first-order valence-corrected chi connectivity index (χ1v) is 6.85. The molecular formula is C13H12BrFN2O3. The lowest BCUT2D eigenvalue weighted by Crippen LogP contribution is -1.95. The van der Waals surface area contributed by atoms with Crippen molar-refractivity contribution in [2.45, 2.75) is 25.7 Å². The van der Waals surface area contributed by atoms with Crippen LogP contribution in [0.15, 0.2) is 27.1 Å². The Labute approximate surface area is 123 Å². The van der Waals surface area contributed by atoms with Crippen LogP contribution in [0.1, 0.15) is 25.2 Å². The van der Waals surface area contributed by atoms with Crippen LogP contribution in [0, 0.1) is 5.82 Å². The average molecular weight is 343 g/mol. The molecule has 0 saturated heterocycles. The van der Waals surface area contributed by atoms with Crippen molar-refractivity contribution in [3.05, 3.63) is 34.4 Å². The normalized spacial score (nSPS) is 10.7. The van der Waals surface area contributed by atoms with E-state index >= 15 is 0 Å². The molecule has 0 radical (unpaired) electrons. The Bertz CT molecular complexity index is 615. The summed E-state index contributed by atoms with van der Waals surface area (Å²) in [6, 6.07) is 4.20. The van der Waals surface area contributed by atoms with Crippen molar-refractivity contribution in [1.82, 2.24) is 10.2 Å². The van der Waals surface area contributed by atoms with Crippen LogP contribution >= 0.6 is 15.9 Å². The number of carboxylic acid groups (broad SMARTS) is 1. The molecule has 0 amide bonds. The zero-order valence-corrected chi connectivity index (χ0v) is 12.1. The number of nitrogens with zero attached hydrogens (tertiary/aromatic N) is 2. The Balaban J connectivity index is 1.99. The molecule has 1 heterocycles. The molecule has 2 aromatic rings. The van der Waals surface area contributed by atoms with Crippen molar-refractivity contribution < 1.29 is 18.7 Å². The van der Waals surface area contributed by atoms with Gasteiger partial charge in [0.2, 0.25) is 11.8 Å². The maximum Gasteiger partial charge on any atom is 0.303 e. The Kier molecular flexibility index (Phi) is 4.84. The van der Waals surface area contributed by atoms with E-state index in [0.29, 0.717) is 41.1 Å². The number of hydrogen-bond acceptors (Lipinski definition) is 4. The van der Waals surface area contributed by atoms with Gasteiger partial charge in [-0.2, -0.15) is 0 Å². The number of carboxylic acids is 1. The Hall–Kier alpha value is -1.76. The van der Waals surface area contributed by atoms with Crippen molar-refractivity contribution in [1.29, 1.82) is 0 Å². The second-order valence-corrected chi connectivity index (χ2v) is 5.08. The number of carbonyl (C=O) groups is 1. The fraction of sp³-hybridized carbons (Fsp3) is 0.308. The van der Waals surface area contributed by atoms with Gasteiger partial charge in [0.25, 0.3) is 0 Å². The molecule has 1 aromatic carbocycles. The molecule has 0 unspecified atom stereocenters. The van der Waals surface area contributed by atoms with E-state index in [2.05, 4.69) is 26.1 Å². The van der Waals surface area contributed by atoms with Crippen molar-refractivity contribution in [2.75, 3.05) is 0 Å². The molecule has 0 aliphatic rings. The van der Waals surface area contributed by atoms with Gasteiger partial charge in [0, 0.05) is 17.3 Å². The van der Waals surface area contributed by atoms with Gasteiger partial charge >= 0.3 is 5.97 Å². The largest absolute Gasteiger partial charge is 0.481 e. The fourth-order valence-electron chi connectivity index (χ4n) is 1.68. The van der Waals surface area contributed by atoms with Crippen LogP contribution in [0.5, 0.6) is 0 Å². The summed E-state index contributed by atoms with van der Waals surface area (Å²) in [6.45, 7) is 0. The predicted molar refractivity (Wildman–Crippen MR) is 72.6 cm³/mol. The molecule has 0 aliphatic carbocycles. The molecular weight excluding hydrogens is 331 g/mol. The number of halogens is 2. The third kappa shape index (κ3) is 3.86. The molecule has 7 heteroatoms. The summed E-state index contributed by atoms with van der Waals surface area (Å²) in [5.74, 6) is -0.410. The van der Waals surface area contributed by atoms with Gasteiger partial charge in [-0.1, -0.05) is 0 Å². The summed E-state index contributed by atoms with van der Waals surface area (Å²) in [6.07, 6.45) is 1.88. The molecule has 0 aliphatic heterocycles. The SMILES string of the molecule is O=C(O)CCCCc1nnc(-c2ccc(F)cc2Br)o1. The molecule has 5 nitrogen and oxygen atoms in total. The Morgan fingerprint density at radius 2 is 2.15 bits per heavy atom. The van der Waals surface area contributed by atoms with Crippen molar-refractivity contribution in [2.24, 2.45) is 0 Å². The number of rotatable bonds is 6. The van der Waals surface area contributed by atoms with Gasteiger partial charge in [0.05, 0.1) is 5.56 Å². The van der Waals surface area contributed by atoms with Gasteiger partial charge in [-0.05, 0) is 47.0 Å². The minimum absolute atomic E-state index is 0.129. The van der Waals surface area contributed by atoms with Crippen molar-refractivity contribution >= 4 is 21.9 Å². The number of aromatic nitrogens is 2. The van der Waals surface area contributed by atoms with E-state index in [0.717, 1.165) is 0 Å². The van der Waals surface area contributed by atoms with Gasteiger partial charge in [0.1, 0.15) is 5.82 Å². The van der Waals surface area contributed by atoms with Crippen LogP contribution in [0.4, 0.5) is 4.39 Å². The molecule has 106 valence electrons. The van der Waals surface area contributed by atoms with E-state index < -0.39 is 5.97 Å². The molecule has 0 atom stereocenters. The first kappa shape index (κ1) is 14.6. The van der Waals surface area contributed by atoms with Gasteiger partial charge in [0.15, 0.2) is 0 Å². The van der Waals surface area contributed by atoms with E-state index in [1.54, 1.807) is 6.07 Å². The van der Waals surface area contributed by atoms with Crippen molar-refractivity contribution in [3.8, 4) is 11.5 Å². The summed E-state index contributed by atoms with van der Waals surface area (Å²) in [5.41, 5.74) is 0.621.